The lowest BCUT2D eigenvalue weighted by Crippen LogP contribution is -2.52. The second kappa shape index (κ2) is 17.7. The second-order valence-electron chi connectivity index (χ2n) is 13.9. The predicted molar refractivity (Wildman–Crippen MR) is 214 cm³/mol. The number of piperidine rings is 2. The van der Waals surface area contributed by atoms with Crippen LogP contribution in [0.3, 0.4) is 0 Å². The van der Waals surface area contributed by atoms with Crippen LogP contribution in [0.1, 0.15) is 48.0 Å². The van der Waals surface area contributed by atoms with E-state index in [2.05, 4.69) is 36.1 Å². The number of likely N-dealkylation sites (tertiary alicyclic amines) is 1. The highest BCUT2D eigenvalue weighted by Gasteiger charge is 2.39. The highest BCUT2D eigenvalue weighted by Crippen LogP contribution is 2.36. The van der Waals surface area contributed by atoms with Crippen molar-refractivity contribution in [3.63, 3.8) is 0 Å². The summed E-state index contributed by atoms with van der Waals surface area (Å²) in [5.74, 6) is -0.522. The van der Waals surface area contributed by atoms with Gasteiger partial charge in [-0.1, -0.05) is 23.7 Å². The van der Waals surface area contributed by atoms with Gasteiger partial charge in [0.2, 0.25) is 23.6 Å². The molecule has 3 aliphatic heterocycles. The number of rotatable bonds is 13. The fourth-order valence-corrected chi connectivity index (χ4v) is 8.36. The minimum atomic E-state index is -0.674. The van der Waals surface area contributed by atoms with Crippen LogP contribution >= 0.6 is 23.4 Å². The van der Waals surface area contributed by atoms with Crippen molar-refractivity contribution in [2.75, 3.05) is 43.1 Å². The van der Waals surface area contributed by atoms with E-state index < -0.39 is 17.8 Å². The lowest BCUT2D eigenvalue weighted by atomic mass is 10.0. The fraction of sp³-hybridized carbons (Fsp3) is 0.325. The molecule has 0 radical (unpaired) electrons. The summed E-state index contributed by atoms with van der Waals surface area (Å²) < 4.78 is 19.2. The van der Waals surface area contributed by atoms with Crippen LogP contribution in [-0.4, -0.2) is 93.9 Å². The standard InChI is InChI=1S/C40H40ClFN8O6S/c1-56-33-20-30-26(38(44-22-43-30)46-24-7-8-29(42)28(41)18-24)19-31(33)47-35(51)6-3-14-49-15-11-23(12-16-49)45-37(53)13-17-57-34-5-2-4-25-27(34)21-50(40(25)55)32-9-10-36(52)48-39(32)54/h2-8,18-20,22-23,32H,9-17,21H2,1H3,(H,45,53)(H,47,51)(H,43,44,46)(H,48,52,54)/b6-3+. The zero-order chi connectivity index (χ0) is 40.1. The normalized spacial score (nSPS) is 17.5. The van der Waals surface area contributed by atoms with Crippen LogP contribution in [0.4, 0.5) is 21.6 Å². The molecular weight excluding hydrogens is 775 g/mol. The van der Waals surface area contributed by atoms with Gasteiger partial charge >= 0.3 is 0 Å². The first-order valence-electron chi connectivity index (χ1n) is 18.5. The Labute approximate surface area is 336 Å². The minimum Gasteiger partial charge on any atom is -0.494 e. The van der Waals surface area contributed by atoms with E-state index in [0.717, 1.165) is 36.4 Å². The van der Waals surface area contributed by atoms with Crippen molar-refractivity contribution < 1.29 is 33.1 Å². The Morgan fingerprint density at radius 3 is 2.68 bits per heavy atom. The molecule has 2 saturated heterocycles. The van der Waals surface area contributed by atoms with E-state index in [1.54, 1.807) is 24.3 Å². The number of anilines is 3. The molecule has 2 fully saturated rings. The van der Waals surface area contributed by atoms with Crippen molar-refractivity contribution in [1.82, 2.24) is 30.4 Å². The molecule has 4 N–H and O–H groups in total. The van der Waals surface area contributed by atoms with Crippen molar-refractivity contribution in [2.24, 2.45) is 0 Å². The van der Waals surface area contributed by atoms with Gasteiger partial charge in [0, 0.05) is 84.5 Å². The lowest BCUT2D eigenvalue weighted by Gasteiger charge is -2.31. The third kappa shape index (κ3) is 9.35. The second-order valence-corrected chi connectivity index (χ2v) is 15.4. The van der Waals surface area contributed by atoms with E-state index in [-0.39, 0.29) is 41.1 Å². The molecule has 0 bridgehead atoms. The number of hydrogen-bond acceptors (Lipinski definition) is 11. The van der Waals surface area contributed by atoms with E-state index in [4.69, 9.17) is 16.3 Å². The molecule has 0 saturated carbocycles. The quantitative estimate of drug-likeness (QED) is 0.0795. The smallest absolute Gasteiger partial charge is 0.255 e. The monoisotopic (exact) mass is 814 g/mol. The number of amides is 5. The molecule has 0 aliphatic carbocycles. The number of fused-ring (bicyclic) bond motifs is 2. The third-order valence-electron chi connectivity index (χ3n) is 10.1. The largest absolute Gasteiger partial charge is 0.494 e. The van der Waals surface area contributed by atoms with Gasteiger partial charge < -0.3 is 25.6 Å². The Bertz CT molecular complexity index is 2270. The van der Waals surface area contributed by atoms with Gasteiger partial charge in [0.25, 0.3) is 5.91 Å². The van der Waals surface area contributed by atoms with Gasteiger partial charge in [0.15, 0.2) is 0 Å². The number of carbonyl (C=O) groups is 5. The molecular formula is C40H40ClFN8O6S. The maximum atomic E-state index is 13.7. The Morgan fingerprint density at radius 2 is 1.91 bits per heavy atom. The molecule has 296 valence electrons. The molecule has 0 spiro atoms. The summed E-state index contributed by atoms with van der Waals surface area (Å²) in [6.07, 6.45) is 7.03. The molecule has 14 nitrogen and oxygen atoms in total. The minimum absolute atomic E-state index is 0.0320. The van der Waals surface area contributed by atoms with E-state index in [1.807, 2.05) is 12.1 Å². The molecule has 4 aromatic rings. The summed E-state index contributed by atoms with van der Waals surface area (Å²) in [5, 5.41) is 12.0. The van der Waals surface area contributed by atoms with Crippen molar-refractivity contribution >= 4 is 81.0 Å². The van der Waals surface area contributed by atoms with Gasteiger partial charge in [0.1, 0.15) is 29.8 Å². The summed E-state index contributed by atoms with van der Waals surface area (Å²) in [6.45, 7) is 2.37. The number of carbonyl (C=O) groups excluding carboxylic acids is 5. The van der Waals surface area contributed by atoms with Crippen LogP contribution in [-0.2, 0) is 25.7 Å². The first kappa shape index (κ1) is 39.6. The third-order valence-corrected chi connectivity index (χ3v) is 11.5. The summed E-state index contributed by atoms with van der Waals surface area (Å²) in [6, 6.07) is 12.5. The molecule has 5 amide bonds. The molecule has 3 aliphatic rings. The average molecular weight is 815 g/mol. The van der Waals surface area contributed by atoms with Crippen LogP contribution in [0.2, 0.25) is 5.02 Å². The summed E-state index contributed by atoms with van der Waals surface area (Å²) in [5.41, 5.74) is 2.92. The molecule has 57 heavy (non-hydrogen) atoms. The molecule has 7 rings (SSSR count). The van der Waals surface area contributed by atoms with E-state index >= 15 is 0 Å². The van der Waals surface area contributed by atoms with Crippen LogP contribution in [0, 0.1) is 5.82 Å². The van der Waals surface area contributed by atoms with Crippen LogP contribution in [0.5, 0.6) is 5.75 Å². The summed E-state index contributed by atoms with van der Waals surface area (Å²) in [4.78, 5) is 76.3. The van der Waals surface area contributed by atoms with Gasteiger partial charge in [-0.05, 0) is 61.2 Å². The van der Waals surface area contributed by atoms with Gasteiger partial charge in [0.05, 0.1) is 23.3 Å². The molecule has 17 heteroatoms. The van der Waals surface area contributed by atoms with E-state index in [1.165, 1.54) is 54.4 Å². The van der Waals surface area contributed by atoms with Gasteiger partial charge in [-0.15, -0.1) is 11.8 Å². The molecule has 1 unspecified atom stereocenters. The number of halogens is 2. The molecule has 4 heterocycles. The van der Waals surface area contributed by atoms with E-state index in [9.17, 15) is 28.4 Å². The predicted octanol–water partition coefficient (Wildman–Crippen LogP) is 5.19. The number of hydrogen-bond donors (Lipinski definition) is 4. The summed E-state index contributed by atoms with van der Waals surface area (Å²) >= 11 is 7.46. The van der Waals surface area contributed by atoms with Gasteiger partial charge in [-0.25, -0.2) is 14.4 Å². The first-order valence-corrected chi connectivity index (χ1v) is 19.9. The Hall–Kier alpha value is -5.58. The van der Waals surface area contributed by atoms with Gasteiger partial charge in [-0.3, -0.25) is 34.2 Å². The molecule has 1 atom stereocenters. The van der Waals surface area contributed by atoms with E-state index in [0.29, 0.717) is 71.1 Å². The van der Waals surface area contributed by atoms with Gasteiger partial charge in [-0.2, -0.15) is 0 Å². The summed E-state index contributed by atoms with van der Waals surface area (Å²) in [7, 11) is 1.50. The Morgan fingerprint density at radius 1 is 1.09 bits per heavy atom. The highest BCUT2D eigenvalue weighted by atomic mass is 35.5. The van der Waals surface area contributed by atoms with Crippen LogP contribution < -0.4 is 26.0 Å². The maximum absolute atomic E-state index is 13.7. The topological polar surface area (TPSA) is 175 Å². The SMILES string of the molecule is COc1cc2ncnc(Nc3ccc(F)c(Cl)c3)c2cc1NC(=O)/C=C/CN1CCC(NC(=O)CCSc2cccc3c2CN(C2CCC(=O)NC2=O)C3=O)CC1. The van der Waals surface area contributed by atoms with Crippen molar-refractivity contribution in [1.29, 1.82) is 0 Å². The number of aromatic nitrogens is 2. The Balaban J connectivity index is 0.850. The highest BCUT2D eigenvalue weighted by molar-refractivity contribution is 7.99. The van der Waals surface area contributed by atoms with Crippen molar-refractivity contribution in [3.8, 4) is 5.75 Å². The van der Waals surface area contributed by atoms with Crippen molar-refractivity contribution in [3.05, 3.63) is 89.0 Å². The number of nitrogens with one attached hydrogen (secondary N) is 4. The maximum Gasteiger partial charge on any atom is 0.255 e. The number of nitrogens with zero attached hydrogens (tertiary/aromatic N) is 4. The number of ether oxygens (including phenoxy) is 1. The molecule has 3 aromatic carbocycles. The lowest BCUT2D eigenvalue weighted by molar-refractivity contribution is -0.137. The number of imide groups is 1. The first-order chi connectivity index (χ1) is 27.6. The molecule has 1 aromatic heterocycles. The van der Waals surface area contributed by atoms with Crippen LogP contribution in [0.25, 0.3) is 10.9 Å². The van der Waals surface area contributed by atoms with Crippen LogP contribution in [0.15, 0.2) is 71.9 Å². The zero-order valence-electron chi connectivity index (χ0n) is 31.0. The average Bonchev–Trinajstić information content (AvgIpc) is 3.53. The number of thioether (sulfide) groups is 1. The zero-order valence-corrected chi connectivity index (χ0v) is 32.6. The van der Waals surface area contributed by atoms with Crippen molar-refractivity contribution in [2.45, 2.75) is 55.6 Å². The Kier molecular flexibility index (Phi) is 12.3. The number of benzene rings is 3. The fourth-order valence-electron chi connectivity index (χ4n) is 7.15. The number of methoxy groups -OCH3 is 1.